The van der Waals surface area contributed by atoms with E-state index in [0.29, 0.717) is 22.2 Å². The van der Waals surface area contributed by atoms with Crippen molar-refractivity contribution < 1.29 is 18.7 Å². The van der Waals surface area contributed by atoms with Gasteiger partial charge in [0.1, 0.15) is 10.8 Å². The van der Waals surface area contributed by atoms with Gasteiger partial charge in [0.25, 0.3) is 0 Å². The van der Waals surface area contributed by atoms with E-state index < -0.39 is 5.97 Å². The molecule has 0 radical (unpaired) electrons. The summed E-state index contributed by atoms with van der Waals surface area (Å²) >= 11 is 12.6. The molecule has 0 aliphatic carbocycles. The zero-order valence-corrected chi connectivity index (χ0v) is 16.2. The van der Waals surface area contributed by atoms with Crippen molar-refractivity contribution in [1.29, 1.82) is 0 Å². The van der Waals surface area contributed by atoms with Crippen LogP contribution in [0.4, 0.5) is 11.7 Å². The Balaban J connectivity index is 2.18. The van der Waals surface area contributed by atoms with Crippen molar-refractivity contribution in [2.75, 3.05) is 26.2 Å². The van der Waals surface area contributed by atoms with E-state index in [1.165, 1.54) is 20.5 Å². The summed E-state index contributed by atoms with van der Waals surface area (Å²) in [6, 6.07) is 8.52. The number of esters is 1. The fourth-order valence-corrected chi connectivity index (χ4v) is 2.94. The predicted molar refractivity (Wildman–Crippen MR) is 102 cm³/mol. The zero-order valence-electron chi connectivity index (χ0n) is 14.7. The monoisotopic (exact) mass is 407 g/mol. The first-order valence-electron chi connectivity index (χ1n) is 7.73. The molecule has 9 heteroatoms. The number of halogens is 2. The molecule has 0 aliphatic heterocycles. The number of hydrogen-bond donors (Lipinski definition) is 0. The van der Waals surface area contributed by atoms with Crippen LogP contribution in [0.15, 0.2) is 41.0 Å². The van der Waals surface area contributed by atoms with E-state index in [0.717, 1.165) is 0 Å². The van der Waals surface area contributed by atoms with Gasteiger partial charge in [-0.05, 0) is 24.3 Å². The van der Waals surface area contributed by atoms with Gasteiger partial charge in [-0.25, -0.2) is 14.8 Å². The van der Waals surface area contributed by atoms with Gasteiger partial charge in [-0.15, -0.1) is 0 Å². The Morgan fingerprint density at radius 1 is 1.19 bits per heavy atom. The summed E-state index contributed by atoms with van der Waals surface area (Å²) in [5, 5.41) is 0.429. The summed E-state index contributed by atoms with van der Waals surface area (Å²) in [5.74, 6) is 0.847. The topological polar surface area (TPSA) is 77.7 Å². The molecule has 0 unspecified atom stereocenters. The second kappa shape index (κ2) is 7.85. The Bertz CT molecular complexity index is 977. The maximum Gasteiger partial charge on any atom is 0.358 e. The Morgan fingerprint density at radius 2 is 1.96 bits per heavy atom. The molecule has 0 amide bonds. The summed E-state index contributed by atoms with van der Waals surface area (Å²) in [5.41, 5.74) is 0.515. The lowest BCUT2D eigenvalue weighted by Crippen LogP contribution is -2.16. The molecule has 3 aromatic rings. The van der Waals surface area contributed by atoms with E-state index in [9.17, 15) is 4.79 Å². The molecule has 0 spiro atoms. The molecular formula is C18H15Cl2N3O4. The molecule has 0 aliphatic rings. The van der Waals surface area contributed by atoms with Crippen molar-refractivity contribution in [3.05, 3.63) is 52.3 Å². The number of nitrogens with zero attached hydrogens (tertiary/aromatic N) is 3. The highest BCUT2D eigenvalue weighted by atomic mass is 35.5. The Kier molecular flexibility index (Phi) is 5.53. The van der Waals surface area contributed by atoms with Gasteiger partial charge in [-0.3, -0.25) is 4.90 Å². The molecule has 2 heterocycles. The van der Waals surface area contributed by atoms with Crippen molar-refractivity contribution in [2.45, 2.75) is 0 Å². The lowest BCUT2D eigenvalue weighted by molar-refractivity contribution is 0.0594. The van der Waals surface area contributed by atoms with Crippen LogP contribution >= 0.6 is 23.2 Å². The van der Waals surface area contributed by atoms with Gasteiger partial charge in [-0.2, -0.15) is 0 Å². The summed E-state index contributed by atoms with van der Waals surface area (Å²) in [7, 11) is 4.48. The summed E-state index contributed by atoms with van der Waals surface area (Å²) < 4.78 is 15.3. The Morgan fingerprint density at radius 3 is 2.56 bits per heavy atom. The van der Waals surface area contributed by atoms with Gasteiger partial charge in [0.2, 0.25) is 5.88 Å². The minimum absolute atomic E-state index is 0.0455. The number of furan rings is 1. The molecule has 0 saturated heterocycles. The van der Waals surface area contributed by atoms with Crippen molar-refractivity contribution in [2.24, 2.45) is 0 Å². The molecule has 1 aromatic carbocycles. The van der Waals surface area contributed by atoms with Gasteiger partial charge in [0.15, 0.2) is 17.3 Å². The van der Waals surface area contributed by atoms with Crippen molar-refractivity contribution in [1.82, 2.24) is 9.97 Å². The molecule has 27 heavy (non-hydrogen) atoms. The number of carbonyl (C=O) groups excluding carboxylic acids is 1. The van der Waals surface area contributed by atoms with Crippen molar-refractivity contribution >= 4 is 40.9 Å². The van der Waals surface area contributed by atoms with Crippen LogP contribution in [0.1, 0.15) is 10.5 Å². The summed E-state index contributed by atoms with van der Waals surface area (Å²) in [6.07, 6.45) is 1.52. The fourth-order valence-electron chi connectivity index (χ4n) is 2.39. The number of aromatic nitrogens is 2. The van der Waals surface area contributed by atoms with Crippen LogP contribution in [0.5, 0.6) is 5.75 Å². The number of anilines is 2. The van der Waals surface area contributed by atoms with Gasteiger partial charge in [0.05, 0.1) is 25.5 Å². The normalized spacial score (nSPS) is 10.6. The zero-order chi connectivity index (χ0) is 19.6. The van der Waals surface area contributed by atoms with Gasteiger partial charge >= 0.3 is 5.97 Å². The largest absolute Gasteiger partial charge is 0.495 e. The van der Waals surface area contributed by atoms with E-state index >= 15 is 0 Å². The highest BCUT2D eigenvalue weighted by Gasteiger charge is 2.24. The maximum atomic E-state index is 12.2. The average Bonchev–Trinajstić information content (AvgIpc) is 3.21. The number of rotatable bonds is 5. The molecule has 0 fully saturated rings. The number of methoxy groups -OCH3 is 2. The molecule has 3 rings (SSSR count). The first-order valence-corrected chi connectivity index (χ1v) is 8.48. The van der Waals surface area contributed by atoms with E-state index in [1.54, 1.807) is 42.3 Å². The number of benzene rings is 1. The lowest BCUT2D eigenvalue weighted by Gasteiger charge is -2.18. The van der Waals surface area contributed by atoms with Crippen molar-refractivity contribution in [3.8, 4) is 17.1 Å². The molecule has 0 saturated carbocycles. The minimum Gasteiger partial charge on any atom is -0.495 e. The van der Waals surface area contributed by atoms with Crippen LogP contribution < -0.4 is 9.64 Å². The molecule has 140 valence electrons. The molecule has 0 N–H and O–H groups in total. The highest BCUT2D eigenvalue weighted by molar-refractivity contribution is 6.35. The molecule has 0 atom stereocenters. The Labute approximate surface area is 165 Å². The Hall–Kier alpha value is -2.77. The van der Waals surface area contributed by atoms with Gasteiger partial charge < -0.3 is 13.9 Å². The van der Waals surface area contributed by atoms with E-state index in [2.05, 4.69) is 9.97 Å². The number of hydrogen-bond acceptors (Lipinski definition) is 7. The smallest absolute Gasteiger partial charge is 0.358 e. The lowest BCUT2D eigenvalue weighted by atomic mass is 10.2. The molecular weight excluding hydrogens is 393 g/mol. The highest BCUT2D eigenvalue weighted by Crippen LogP contribution is 2.35. The average molecular weight is 408 g/mol. The van der Waals surface area contributed by atoms with Gasteiger partial charge in [0, 0.05) is 18.7 Å². The molecule has 2 aromatic heterocycles. The summed E-state index contributed by atoms with van der Waals surface area (Å²) in [6.45, 7) is 0. The maximum absolute atomic E-state index is 12.2. The predicted octanol–water partition coefficient (Wildman–Crippen LogP) is 4.61. The molecule has 7 nitrogen and oxygen atoms in total. The van der Waals surface area contributed by atoms with Crippen LogP contribution in [0.2, 0.25) is 10.0 Å². The standard InChI is InChI=1S/C18H15Cl2N3O4/c1-23(13-5-4-8-27-13)17-14(20)15(18(24)26-3)21-16(22-17)10-6-7-12(25-2)11(19)9-10/h4-9H,1-3H3. The second-order valence-corrected chi connectivity index (χ2v) is 6.17. The van der Waals surface area contributed by atoms with E-state index in [-0.39, 0.29) is 22.4 Å². The molecule has 0 bridgehead atoms. The number of carbonyl (C=O) groups is 1. The van der Waals surface area contributed by atoms with Crippen LogP contribution in [0, 0.1) is 0 Å². The first-order chi connectivity index (χ1) is 13.0. The van der Waals surface area contributed by atoms with Gasteiger partial charge in [-0.1, -0.05) is 23.2 Å². The third kappa shape index (κ3) is 3.70. The van der Waals surface area contributed by atoms with Crippen molar-refractivity contribution in [3.63, 3.8) is 0 Å². The number of ether oxygens (including phenoxy) is 2. The SMILES string of the molecule is COC(=O)c1nc(-c2ccc(OC)c(Cl)c2)nc(N(C)c2ccco2)c1Cl. The van der Waals surface area contributed by atoms with Crippen LogP contribution in [-0.4, -0.2) is 37.2 Å². The summed E-state index contributed by atoms with van der Waals surface area (Å²) in [4.78, 5) is 22.5. The fraction of sp³-hybridized carbons (Fsp3) is 0.167. The van der Waals surface area contributed by atoms with E-state index in [1.807, 2.05) is 0 Å². The second-order valence-electron chi connectivity index (χ2n) is 5.38. The third-order valence-corrected chi connectivity index (χ3v) is 4.42. The first kappa shape index (κ1) is 19.0. The van der Waals surface area contributed by atoms with E-state index in [4.69, 9.17) is 37.1 Å². The van der Waals surface area contributed by atoms with Crippen LogP contribution in [0.25, 0.3) is 11.4 Å². The minimum atomic E-state index is -0.683. The van der Waals surface area contributed by atoms with Crippen LogP contribution in [-0.2, 0) is 4.74 Å². The third-order valence-electron chi connectivity index (χ3n) is 3.78. The van der Waals surface area contributed by atoms with Crippen LogP contribution in [0.3, 0.4) is 0 Å². The quantitative estimate of drug-likeness (QED) is 0.571.